The summed E-state index contributed by atoms with van der Waals surface area (Å²) < 4.78 is 0. The van der Waals surface area contributed by atoms with Crippen LogP contribution < -0.4 is 16.4 Å². The van der Waals surface area contributed by atoms with Gasteiger partial charge in [-0.15, -0.1) is 0 Å². The van der Waals surface area contributed by atoms with Crippen LogP contribution in [0, 0.1) is 11.3 Å². The molecule has 2 amide bonds. The molecule has 0 saturated heterocycles. The van der Waals surface area contributed by atoms with Crippen molar-refractivity contribution in [1.29, 1.82) is 5.41 Å². The maximum absolute atomic E-state index is 10.9. The molecule has 0 saturated carbocycles. The number of carbonyl (C=O) groups is 2. The predicted octanol–water partition coefficient (Wildman–Crippen LogP) is 3.62. The highest BCUT2D eigenvalue weighted by Gasteiger charge is 2.42. The number of nitrogens with one attached hydrogen (secondary N) is 3. The Kier molecular flexibility index (Phi) is 6.67. The molecule has 0 aliphatic heterocycles. The first kappa shape index (κ1) is 21.7. The van der Waals surface area contributed by atoms with Crippen LogP contribution in [-0.2, 0) is 27.8 Å². The molecular formula is C24H30N4O2. The normalized spacial score (nSPS) is 14.3. The Labute approximate surface area is 177 Å². The molecule has 0 spiro atoms. The van der Waals surface area contributed by atoms with Crippen molar-refractivity contribution < 1.29 is 9.59 Å². The Morgan fingerprint density at radius 1 is 1.03 bits per heavy atom. The molecule has 0 unspecified atom stereocenters. The second-order valence-corrected chi connectivity index (χ2v) is 8.29. The van der Waals surface area contributed by atoms with Crippen LogP contribution >= 0.6 is 0 Å². The summed E-state index contributed by atoms with van der Waals surface area (Å²) in [5.41, 5.74) is 12.0. The number of aryl methyl sites for hydroxylation is 2. The molecule has 1 aliphatic carbocycles. The lowest BCUT2D eigenvalue weighted by atomic mass is 9.65. The number of benzene rings is 2. The van der Waals surface area contributed by atoms with E-state index in [1.54, 1.807) is 0 Å². The average molecular weight is 407 g/mol. The summed E-state index contributed by atoms with van der Waals surface area (Å²) >= 11 is 0. The number of carbonyl (C=O) groups excluding carboxylic acids is 2. The summed E-state index contributed by atoms with van der Waals surface area (Å²) in [4.78, 5) is 21.9. The van der Waals surface area contributed by atoms with Gasteiger partial charge in [0, 0.05) is 17.1 Å². The Morgan fingerprint density at radius 2 is 1.53 bits per heavy atom. The molecule has 0 heterocycles. The van der Waals surface area contributed by atoms with Gasteiger partial charge in [-0.3, -0.25) is 9.59 Å². The molecule has 0 atom stereocenters. The van der Waals surface area contributed by atoms with Crippen molar-refractivity contribution in [2.24, 2.45) is 11.7 Å². The van der Waals surface area contributed by atoms with Crippen molar-refractivity contribution in [3.05, 3.63) is 58.7 Å². The van der Waals surface area contributed by atoms with E-state index in [9.17, 15) is 15.0 Å². The second kappa shape index (κ2) is 9.22. The zero-order valence-corrected chi connectivity index (χ0v) is 17.6. The Bertz CT molecular complexity index is 891. The molecule has 2 aromatic rings. The van der Waals surface area contributed by atoms with E-state index in [0.717, 1.165) is 46.5 Å². The maximum Gasteiger partial charge on any atom is 0.211 e. The van der Waals surface area contributed by atoms with E-state index in [4.69, 9.17) is 5.73 Å². The van der Waals surface area contributed by atoms with Gasteiger partial charge in [-0.05, 0) is 84.7 Å². The van der Waals surface area contributed by atoms with Crippen LogP contribution in [0.4, 0.5) is 11.4 Å². The highest BCUT2D eigenvalue weighted by molar-refractivity contribution is 5.97. The van der Waals surface area contributed by atoms with Crippen molar-refractivity contribution >= 4 is 29.9 Å². The number of hydrogen-bond donors (Lipinski definition) is 4. The van der Waals surface area contributed by atoms with Crippen LogP contribution in [-0.4, -0.2) is 25.1 Å². The van der Waals surface area contributed by atoms with Crippen LogP contribution in [0.15, 0.2) is 36.4 Å². The minimum atomic E-state index is -0.625. The SMILES string of the molecule is CC(C)CC(=N)C1(CCN)c2ccc(NC=O)cc2CCc2cc(NC=O)ccc21. The molecule has 6 heteroatoms. The van der Waals surface area contributed by atoms with Gasteiger partial charge < -0.3 is 21.8 Å². The number of amides is 2. The van der Waals surface area contributed by atoms with Gasteiger partial charge in [0.15, 0.2) is 0 Å². The molecule has 1 aliphatic rings. The fourth-order valence-electron chi connectivity index (χ4n) is 4.71. The van der Waals surface area contributed by atoms with Crippen molar-refractivity contribution in [1.82, 2.24) is 0 Å². The largest absolute Gasteiger partial charge is 0.330 e. The lowest BCUT2D eigenvalue weighted by Gasteiger charge is -2.38. The second-order valence-electron chi connectivity index (χ2n) is 8.29. The van der Waals surface area contributed by atoms with Crippen molar-refractivity contribution in [2.75, 3.05) is 17.2 Å². The predicted molar refractivity (Wildman–Crippen MR) is 121 cm³/mol. The van der Waals surface area contributed by atoms with E-state index in [0.29, 0.717) is 43.8 Å². The molecule has 0 fully saturated rings. The fourth-order valence-corrected chi connectivity index (χ4v) is 4.71. The van der Waals surface area contributed by atoms with Gasteiger partial charge in [-0.25, -0.2) is 0 Å². The topological polar surface area (TPSA) is 108 Å². The first-order valence-electron chi connectivity index (χ1n) is 10.4. The third kappa shape index (κ3) is 4.00. The van der Waals surface area contributed by atoms with Crippen molar-refractivity contribution in [3.63, 3.8) is 0 Å². The monoisotopic (exact) mass is 406 g/mol. The summed E-state index contributed by atoms with van der Waals surface area (Å²) in [5.74, 6) is 0.342. The summed E-state index contributed by atoms with van der Waals surface area (Å²) in [7, 11) is 0. The third-order valence-electron chi connectivity index (χ3n) is 5.89. The Balaban J connectivity index is 2.28. The first-order valence-corrected chi connectivity index (χ1v) is 10.4. The Morgan fingerprint density at radius 3 is 1.93 bits per heavy atom. The van der Waals surface area contributed by atoms with Crippen LogP contribution in [0.3, 0.4) is 0 Å². The lowest BCUT2D eigenvalue weighted by molar-refractivity contribution is -0.106. The van der Waals surface area contributed by atoms with Gasteiger partial charge >= 0.3 is 0 Å². The minimum absolute atomic E-state index is 0.342. The number of fused-ring (bicyclic) bond motifs is 2. The molecule has 0 radical (unpaired) electrons. The average Bonchev–Trinajstić information content (AvgIpc) is 2.84. The van der Waals surface area contributed by atoms with Crippen molar-refractivity contribution in [3.8, 4) is 0 Å². The third-order valence-corrected chi connectivity index (χ3v) is 5.89. The van der Waals surface area contributed by atoms with Crippen LogP contribution in [0.2, 0.25) is 0 Å². The summed E-state index contributed by atoms with van der Waals surface area (Å²) in [6.45, 7) is 4.69. The number of anilines is 2. The highest BCUT2D eigenvalue weighted by atomic mass is 16.1. The molecule has 158 valence electrons. The first-order chi connectivity index (χ1) is 14.5. The van der Waals surface area contributed by atoms with E-state index in [1.165, 1.54) is 0 Å². The van der Waals surface area contributed by atoms with Gasteiger partial charge in [0.2, 0.25) is 12.8 Å². The van der Waals surface area contributed by atoms with Crippen LogP contribution in [0.1, 0.15) is 48.9 Å². The zero-order valence-electron chi connectivity index (χ0n) is 17.6. The van der Waals surface area contributed by atoms with Crippen LogP contribution in [0.25, 0.3) is 0 Å². The molecule has 5 N–H and O–H groups in total. The summed E-state index contributed by atoms with van der Waals surface area (Å²) in [6, 6.07) is 11.9. The van der Waals surface area contributed by atoms with Gasteiger partial charge in [0.25, 0.3) is 0 Å². The van der Waals surface area contributed by atoms with Crippen molar-refractivity contribution in [2.45, 2.75) is 44.9 Å². The minimum Gasteiger partial charge on any atom is -0.330 e. The van der Waals surface area contributed by atoms with E-state index < -0.39 is 5.41 Å². The van der Waals surface area contributed by atoms with Gasteiger partial charge in [-0.1, -0.05) is 26.0 Å². The molecular weight excluding hydrogens is 376 g/mol. The quantitative estimate of drug-likeness (QED) is 0.377. The molecule has 3 rings (SSSR count). The summed E-state index contributed by atoms with van der Waals surface area (Å²) in [5, 5.41) is 14.7. The lowest BCUT2D eigenvalue weighted by Crippen LogP contribution is -2.40. The van der Waals surface area contributed by atoms with E-state index >= 15 is 0 Å². The molecule has 30 heavy (non-hydrogen) atoms. The van der Waals surface area contributed by atoms with E-state index in [-0.39, 0.29) is 0 Å². The van der Waals surface area contributed by atoms with Crippen LogP contribution in [0.5, 0.6) is 0 Å². The number of nitrogens with two attached hydrogens (primary N) is 1. The van der Waals surface area contributed by atoms with E-state index in [2.05, 4.69) is 24.5 Å². The van der Waals surface area contributed by atoms with Gasteiger partial charge in [-0.2, -0.15) is 0 Å². The van der Waals surface area contributed by atoms with E-state index in [1.807, 2.05) is 36.4 Å². The molecule has 2 aromatic carbocycles. The van der Waals surface area contributed by atoms with Gasteiger partial charge in [0.05, 0.1) is 5.41 Å². The zero-order chi connectivity index (χ0) is 21.7. The standard InChI is InChI=1S/C24H30N4O2/c1-16(2)11-23(26)24(9-10-25)21-7-5-19(27-14-29)12-17(21)3-4-18-13-20(28-15-30)6-8-22(18)24/h5-8,12-16,26H,3-4,9-11,25H2,1-2H3,(H,27,29)(H,28,30). The fraction of sp³-hybridized carbons (Fsp3) is 0.375. The smallest absolute Gasteiger partial charge is 0.211 e. The number of hydrogen-bond acceptors (Lipinski definition) is 4. The number of rotatable bonds is 9. The molecule has 0 bridgehead atoms. The molecule has 0 aromatic heterocycles. The maximum atomic E-state index is 10.9. The summed E-state index contributed by atoms with van der Waals surface area (Å²) in [6.07, 6.45) is 4.21. The Hall–Kier alpha value is -2.99. The molecule has 6 nitrogen and oxygen atoms in total. The van der Waals surface area contributed by atoms with Gasteiger partial charge in [0.1, 0.15) is 0 Å². The highest BCUT2D eigenvalue weighted by Crippen LogP contribution is 2.45.